The van der Waals surface area contributed by atoms with E-state index in [1.165, 1.54) is 11.5 Å². The smallest absolute Gasteiger partial charge is 0.0387 e. The van der Waals surface area contributed by atoms with Crippen LogP contribution in [-0.4, -0.2) is 23.1 Å². The first-order valence-corrected chi connectivity index (χ1v) is 5.58. The summed E-state index contributed by atoms with van der Waals surface area (Å²) < 4.78 is 0. The Bertz CT molecular complexity index is 128. The fourth-order valence-corrected chi connectivity index (χ4v) is 2.96. The monoisotopic (exact) mass is 173 g/mol. The molecule has 0 amide bonds. The molecule has 1 fully saturated rings. The van der Waals surface area contributed by atoms with Gasteiger partial charge in [-0.25, -0.2) is 0 Å². The Kier molecular flexibility index (Phi) is 2.87. The van der Waals surface area contributed by atoms with Crippen LogP contribution in [-0.2, 0) is 0 Å². The van der Waals surface area contributed by atoms with Gasteiger partial charge >= 0.3 is 0 Å². The first-order chi connectivity index (χ1) is 5.07. The minimum Gasteiger partial charge on any atom is -0.307 e. The summed E-state index contributed by atoms with van der Waals surface area (Å²) in [6.07, 6.45) is 0. The van der Waals surface area contributed by atoms with Crippen molar-refractivity contribution < 1.29 is 0 Å². The molecule has 1 rings (SSSR count). The average Bonchev–Trinajstić information content (AvgIpc) is 1.77. The first kappa shape index (κ1) is 9.40. The van der Waals surface area contributed by atoms with Crippen LogP contribution in [0.25, 0.3) is 0 Å². The summed E-state index contributed by atoms with van der Waals surface area (Å²) in [6, 6.07) is 0.623. The van der Waals surface area contributed by atoms with Crippen LogP contribution in [0.5, 0.6) is 0 Å². The fraction of sp³-hybridized carbons (Fsp3) is 1.00. The van der Waals surface area contributed by atoms with Crippen molar-refractivity contribution in [2.45, 2.75) is 39.3 Å². The Morgan fingerprint density at radius 3 is 1.82 bits per heavy atom. The maximum atomic E-state index is 3.67. The van der Waals surface area contributed by atoms with Crippen LogP contribution in [0.3, 0.4) is 0 Å². The lowest BCUT2D eigenvalue weighted by molar-refractivity contribution is 0.264. The third-order valence-corrected chi connectivity index (χ3v) is 3.84. The molecule has 0 unspecified atom stereocenters. The second-order valence-corrected chi connectivity index (χ2v) is 5.09. The molecule has 1 N–H and O–H groups in total. The molecule has 1 aliphatic heterocycles. The summed E-state index contributed by atoms with van der Waals surface area (Å²) in [5, 5.41) is 3.67. The van der Waals surface area contributed by atoms with Crippen LogP contribution in [0.2, 0.25) is 0 Å². The van der Waals surface area contributed by atoms with Gasteiger partial charge in [0, 0.05) is 23.1 Å². The van der Waals surface area contributed by atoms with Gasteiger partial charge in [-0.05, 0) is 5.92 Å². The van der Waals surface area contributed by atoms with Crippen molar-refractivity contribution in [3.05, 3.63) is 0 Å². The maximum absolute atomic E-state index is 3.67. The summed E-state index contributed by atoms with van der Waals surface area (Å²) in [4.78, 5) is 0. The zero-order valence-electron chi connectivity index (χ0n) is 7.98. The van der Waals surface area contributed by atoms with Crippen molar-refractivity contribution in [1.82, 2.24) is 5.32 Å². The molecule has 66 valence electrons. The molecule has 1 aliphatic rings. The van der Waals surface area contributed by atoms with Crippen molar-refractivity contribution in [2.75, 3.05) is 11.5 Å². The zero-order chi connectivity index (χ0) is 8.48. The lowest BCUT2D eigenvalue weighted by Crippen LogP contribution is -2.61. The fourth-order valence-electron chi connectivity index (χ4n) is 1.48. The number of thioether (sulfide) groups is 1. The summed E-state index contributed by atoms with van der Waals surface area (Å²) >= 11 is 2.05. The number of hydrogen-bond donors (Lipinski definition) is 1. The van der Waals surface area contributed by atoms with Crippen LogP contribution in [0, 0.1) is 5.92 Å². The van der Waals surface area contributed by atoms with Crippen molar-refractivity contribution in [1.29, 1.82) is 0 Å². The third-order valence-electron chi connectivity index (χ3n) is 2.40. The Labute approximate surface area is 74.3 Å². The highest BCUT2D eigenvalue weighted by Crippen LogP contribution is 2.35. The van der Waals surface area contributed by atoms with E-state index in [1.807, 2.05) is 0 Å². The van der Waals surface area contributed by atoms with Crippen LogP contribution < -0.4 is 5.32 Å². The van der Waals surface area contributed by atoms with Gasteiger partial charge in [0.05, 0.1) is 0 Å². The van der Waals surface area contributed by atoms with Gasteiger partial charge in [-0.15, -0.1) is 0 Å². The maximum Gasteiger partial charge on any atom is 0.0387 e. The van der Waals surface area contributed by atoms with Gasteiger partial charge in [0.2, 0.25) is 0 Å². The first-order valence-electron chi connectivity index (χ1n) is 4.42. The SMILES string of the molecule is CC(C)NC1(C(C)C)CSC1. The standard InChI is InChI=1S/C9H19NS/c1-7(2)9(5-11-6-9)10-8(3)4/h7-8,10H,5-6H2,1-4H3. The second-order valence-electron chi connectivity index (χ2n) is 4.10. The van der Waals surface area contributed by atoms with Crippen molar-refractivity contribution in [3.8, 4) is 0 Å². The van der Waals surface area contributed by atoms with E-state index in [0.717, 1.165) is 5.92 Å². The Morgan fingerprint density at radius 2 is 1.73 bits per heavy atom. The van der Waals surface area contributed by atoms with E-state index in [0.29, 0.717) is 11.6 Å². The second kappa shape index (κ2) is 3.36. The average molecular weight is 173 g/mol. The van der Waals surface area contributed by atoms with Crippen molar-refractivity contribution >= 4 is 11.8 Å². The normalized spacial score (nSPS) is 22.4. The molecule has 0 aliphatic carbocycles. The zero-order valence-corrected chi connectivity index (χ0v) is 8.79. The Hall–Kier alpha value is 0.310. The highest BCUT2D eigenvalue weighted by molar-refractivity contribution is 8.00. The predicted molar refractivity (Wildman–Crippen MR) is 53.2 cm³/mol. The lowest BCUT2D eigenvalue weighted by atomic mass is 9.88. The quantitative estimate of drug-likeness (QED) is 0.701. The minimum atomic E-state index is 0.457. The molecule has 1 nitrogen and oxygen atoms in total. The molecular weight excluding hydrogens is 154 g/mol. The molecule has 0 aromatic heterocycles. The van der Waals surface area contributed by atoms with Crippen LogP contribution >= 0.6 is 11.8 Å². The molecule has 11 heavy (non-hydrogen) atoms. The Morgan fingerprint density at radius 1 is 1.18 bits per heavy atom. The van der Waals surface area contributed by atoms with E-state index >= 15 is 0 Å². The van der Waals surface area contributed by atoms with E-state index in [1.54, 1.807) is 0 Å². The van der Waals surface area contributed by atoms with E-state index in [-0.39, 0.29) is 0 Å². The highest BCUT2D eigenvalue weighted by atomic mass is 32.2. The van der Waals surface area contributed by atoms with Gasteiger partial charge in [0.1, 0.15) is 0 Å². The molecule has 2 heteroatoms. The van der Waals surface area contributed by atoms with Crippen LogP contribution in [0.15, 0.2) is 0 Å². The summed E-state index contributed by atoms with van der Waals surface area (Å²) in [7, 11) is 0. The molecule has 0 spiro atoms. The van der Waals surface area contributed by atoms with Crippen LogP contribution in [0.4, 0.5) is 0 Å². The topological polar surface area (TPSA) is 12.0 Å². The van der Waals surface area contributed by atoms with E-state index in [2.05, 4.69) is 44.8 Å². The van der Waals surface area contributed by atoms with Crippen molar-refractivity contribution in [3.63, 3.8) is 0 Å². The van der Waals surface area contributed by atoms with Gasteiger partial charge in [0.15, 0.2) is 0 Å². The molecule has 0 saturated carbocycles. The van der Waals surface area contributed by atoms with Gasteiger partial charge in [-0.1, -0.05) is 27.7 Å². The molecule has 0 atom stereocenters. The van der Waals surface area contributed by atoms with Gasteiger partial charge in [0.25, 0.3) is 0 Å². The number of hydrogen-bond acceptors (Lipinski definition) is 2. The highest BCUT2D eigenvalue weighted by Gasteiger charge is 2.40. The molecule has 0 bridgehead atoms. The molecule has 0 aromatic carbocycles. The molecular formula is C9H19NS. The van der Waals surface area contributed by atoms with E-state index in [4.69, 9.17) is 0 Å². The van der Waals surface area contributed by atoms with Crippen molar-refractivity contribution in [2.24, 2.45) is 5.92 Å². The van der Waals surface area contributed by atoms with E-state index < -0.39 is 0 Å². The minimum absolute atomic E-state index is 0.457. The predicted octanol–water partition coefficient (Wildman–Crippen LogP) is 2.13. The Balaban J connectivity index is 2.47. The largest absolute Gasteiger partial charge is 0.307 e. The lowest BCUT2D eigenvalue weighted by Gasteiger charge is -2.47. The summed E-state index contributed by atoms with van der Waals surface area (Å²) in [6.45, 7) is 9.09. The van der Waals surface area contributed by atoms with Crippen LogP contribution in [0.1, 0.15) is 27.7 Å². The van der Waals surface area contributed by atoms with Gasteiger partial charge in [-0.3, -0.25) is 0 Å². The third kappa shape index (κ3) is 1.91. The molecule has 1 saturated heterocycles. The molecule has 1 heterocycles. The van der Waals surface area contributed by atoms with Gasteiger partial charge in [-0.2, -0.15) is 11.8 Å². The van der Waals surface area contributed by atoms with Gasteiger partial charge < -0.3 is 5.32 Å². The van der Waals surface area contributed by atoms with E-state index in [9.17, 15) is 0 Å². The summed E-state index contributed by atoms with van der Waals surface area (Å²) in [5.74, 6) is 3.36. The number of nitrogens with one attached hydrogen (secondary N) is 1. The number of rotatable bonds is 3. The summed E-state index contributed by atoms with van der Waals surface area (Å²) in [5.41, 5.74) is 0.457. The molecule has 0 radical (unpaired) electrons. The molecule has 0 aromatic rings.